The predicted molar refractivity (Wildman–Crippen MR) is 59.5 cm³/mol. The van der Waals surface area contributed by atoms with Gasteiger partial charge < -0.3 is 4.74 Å². The summed E-state index contributed by atoms with van der Waals surface area (Å²) in [4.78, 5) is 23.0. The van der Waals surface area contributed by atoms with Crippen molar-refractivity contribution >= 4 is 11.8 Å². The highest BCUT2D eigenvalue weighted by atomic mass is 16.5. The van der Waals surface area contributed by atoms with Gasteiger partial charge in [0.25, 0.3) is 0 Å². The van der Waals surface area contributed by atoms with Crippen molar-refractivity contribution in [1.29, 1.82) is 0 Å². The maximum Gasteiger partial charge on any atom is 0.318 e. The summed E-state index contributed by atoms with van der Waals surface area (Å²) in [5, 5.41) is 0. The maximum atomic E-state index is 11.7. The van der Waals surface area contributed by atoms with E-state index in [1.807, 2.05) is 6.08 Å². The van der Waals surface area contributed by atoms with Gasteiger partial charge in [-0.05, 0) is 33.1 Å². The Bertz CT molecular complexity index is 241. The van der Waals surface area contributed by atoms with Crippen LogP contribution in [0, 0.1) is 5.41 Å². The third-order valence-electron chi connectivity index (χ3n) is 2.45. The van der Waals surface area contributed by atoms with Crippen LogP contribution in [0.25, 0.3) is 0 Å². The minimum atomic E-state index is -1.01. The van der Waals surface area contributed by atoms with Crippen molar-refractivity contribution in [2.24, 2.45) is 5.41 Å². The molecule has 0 amide bonds. The van der Waals surface area contributed by atoms with E-state index in [0.29, 0.717) is 6.42 Å². The molecule has 0 fully saturated rings. The van der Waals surface area contributed by atoms with E-state index in [2.05, 4.69) is 11.3 Å². The maximum absolute atomic E-state index is 11.7. The second-order valence-corrected chi connectivity index (χ2v) is 4.07. The number of rotatable bonds is 7. The molecule has 3 heteroatoms. The van der Waals surface area contributed by atoms with E-state index in [1.165, 1.54) is 7.11 Å². The van der Waals surface area contributed by atoms with Crippen molar-refractivity contribution in [2.75, 3.05) is 7.11 Å². The Labute approximate surface area is 91.5 Å². The number of hydrogen-bond donors (Lipinski definition) is 0. The summed E-state index contributed by atoms with van der Waals surface area (Å²) >= 11 is 0. The van der Waals surface area contributed by atoms with E-state index in [9.17, 15) is 9.59 Å². The van der Waals surface area contributed by atoms with Gasteiger partial charge in [-0.1, -0.05) is 6.08 Å². The van der Waals surface area contributed by atoms with Crippen LogP contribution in [0.15, 0.2) is 12.7 Å². The van der Waals surface area contributed by atoms with Crippen molar-refractivity contribution in [1.82, 2.24) is 0 Å². The fourth-order valence-electron chi connectivity index (χ4n) is 1.26. The summed E-state index contributed by atoms with van der Waals surface area (Å²) in [6.07, 6.45) is 4.90. The van der Waals surface area contributed by atoms with Crippen LogP contribution in [0.1, 0.15) is 39.5 Å². The molecule has 3 nitrogen and oxygen atoms in total. The molecule has 0 saturated carbocycles. The molecule has 0 aliphatic rings. The fourth-order valence-corrected chi connectivity index (χ4v) is 1.26. The van der Waals surface area contributed by atoms with Gasteiger partial charge in [0.2, 0.25) is 0 Å². The Morgan fingerprint density at radius 1 is 1.33 bits per heavy atom. The first-order chi connectivity index (χ1) is 6.96. The first kappa shape index (κ1) is 13.9. The van der Waals surface area contributed by atoms with Gasteiger partial charge in [-0.25, -0.2) is 0 Å². The molecular weight excluding hydrogens is 192 g/mol. The van der Waals surface area contributed by atoms with Crippen LogP contribution in [0.2, 0.25) is 0 Å². The molecule has 0 N–H and O–H groups in total. The summed E-state index contributed by atoms with van der Waals surface area (Å²) in [5.74, 6) is -0.519. The Morgan fingerprint density at radius 2 is 1.93 bits per heavy atom. The average molecular weight is 212 g/mol. The second-order valence-electron chi connectivity index (χ2n) is 4.07. The number of carbonyl (C=O) groups excluding carboxylic acids is 2. The van der Waals surface area contributed by atoms with Crippen LogP contribution in [0.3, 0.4) is 0 Å². The number of ketones is 1. The summed E-state index contributed by atoms with van der Waals surface area (Å²) in [6.45, 7) is 6.82. The summed E-state index contributed by atoms with van der Waals surface area (Å²) in [5.41, 5.74) is -1.01. The third-order valence-corrected chi connectivity index (χ3v) is 2.45. The highest BCUT2D eigenvalue weighted by Gasteiger charge is 2.35. The molecule has 0 aliphatic heterocycles. The van der Waals surface area contributed by atoms with Crippen LogP contribution < -0.4 is 0 Å². The molecule has 0 aliphatic carbocycles. The zero-order valence-electron chi connectivity index (χ0n) is 9.84. The smallest absolute Gasteiger partial charge is 0.318 e. The predicted octanol–water partition coefficient (Wildman–Crippen LogP) is 2.50. The Balaban J connectivity index is 4.08. The van der Waals surface area contributed by atoms with Crippen molar-refractivity contribution in [3.63, 3.8) is 0 Å². The molecule has 0 aromatic carbocycles. The van der Waals surface area contributed by atoms with Crippen molar-refractivity contribution in [2.45, 2.75) is 39.5 Å². The monoisotopic (exact) mass is 212 g/mol. The molecule has 86 valence electrons. The van der Waals surface area contributed by atoms with Gasteiger partial charge in [-0.3, -0.25) is 9.59 Å². The van der Waals surface area contributed by atoms with Gasteiger partial charge in [-0.2, -0.15) is 0 Å². The molecule has 0 atom stereocenters. The molecule has 0 rings (SSSR count). The molecule has 0 spiro atoms. The standard InChI is InChI=1S/C12H20O3/c1-5-6-7-8-9-10(13)12(2,3)11(14)15-4/h5H,1,6-9H2,2-4H3. The van der Waals surface area contributed by atoms with Gasteiger partial charge >= 0.3 is 5.97 Å². The van der Waals surface area contributed by atoms with Gasteiger partial charge in [0.15, 0.2) is 0 Å². The number of Topliss-reactive ketones (excluding diaryl/α,β-unsaturated/α-hetero) is 1. The van der Waals surface area contributed by atoms with E-state index >= 15 is 0 Å². The van der Waals surface area contributed by atoms with E-state index in [0.717, 1.165) is 19.3 Å². The summed E-state index contributed by atoms with van der Waals surface area (Å²) in [7, 11) is 1.30. The van der Waals surface area contributed by atoms with Gasteiger partial charge in [0, 0.05) is 6.42 Å². The summed E-state index contributed by atoms with van der Waals surface area (Å²) in [6, 6.07) is 0. The van der Waals surface area contributed by atoms with E-state index in [4.69, 9.17) is 0 Å². The molecule has 0 heterocycles. The highest BCUT2D eigenvalue weighted by molar-refractivity contribution is 6.02. The largest absolute Gasteiger partial charge is 0.468 e. The molecule has 15 heavy (non-hydrogen) atoms. The van der Waals surface area contributed by atoms with Crippen molar-refractivity contribution < 1.29 is 14.3 Å². The number of methoxy groups -OCH3 is 1. The van der Waals surface area contributed by atoms with Crippen LogP contribution >= 0.6 is 0 Å². The average Bonchev–Trinajstić information content (AvgIpc) is 2.22. The van der Waals surface area contributed by atoms with Crippen molar-refractivity contribution in [3.05, 3.63) is 12.7 Å². The lowest BCUT2D eigenvalue weighted by molar-refractivity contribution is -0.155. The van der Waals surface area contributed by atoms with Crippen LogP contribution in [-0.2, 0) is 14.3 Å². The quantitative estimate of drug-likeness (QED) is 0.282. The van der Waals surface area contributed by atoms with Gasteiger partial charge in [0.1, 0.15) is 11.2 Å². The SMILES string of the molecule is C=CCCCCC(=O)C(C)(C)C(=O)OC. The minimum Gasteiger partial charge on any atom is -0.468 e. The number of ether oxygens (including phenoxy) is 1. The summed E-state index contributed by atoms with van der Waals surface area (Å²) < 4.78 is 4.59. The zero-order chi connectivity index (χ0) is 11.9. The van der Waals surface area contributed by atoms with Gasteiger partial charge in [-0.15, -0.1) is 6.58 Å². The number of allylic oxidation sites excluding steroid dienone is 1. The second kappa shape index (κ2) is 6.38. The number of hydrogen-bond acceptors (Lipinski definition) is 3. The Morgan fingerprint density at radius 3 is 2.40 bits per heavy atom. The van der Waals surface area contributed by atoms with E-state index < -0.39 is 11.4 Å². The Hall–Kier alpha value is -1.12. The molecule has 0 unspecified atom stereocenters. The lowest BCUT2D eigenvalue weighted by Crippen LogP contribution is -2.34. The lowest BCUT2D eigenvalue weighted by atomic mass is 9.85. The van der Waals surface area contributed by atoms with Crippen LogP contribution in [0.4, 0.5) is 0 Å². The Kier molecular flexibility index (Phi) is 5.90. The first-order valence-corrected chi connectivity index (χ1v) is 5.19. The molecular formula is C12H20O3. The molecule has 0 aromatic rings. The molecule has 0 aromatic heterocycles. The first-order valence-electron chi connectivity index (χ1n) is 5.19. The highest BCUT2D eigenvalue weighted by Crippen LogP contribution is 2.21. The normalized spacial score (nSPS) is 10.9. The van der Waals surface area contributed by atoms with Gasteiger partial charge in [0.05, 0.1) is 7.11 Å². The van der Waals surface area contributed by atoms with E-state index in [1.54, 1.807) is 13.8 Å². The van der Waals surface area contributed by atoms with Crippen LogP contribution in [-0.4, -0.2) is 18.9 Å². The number of esters is 1. The molecule has 0 radical (unpaired) electrons. The zero-order valence-corrected chi connectivity index (χ0v) is 9.84. The van der Waals surface area contributed by atoms with Crippen molar-refractivity contribution in [3.8, 4) is 0 Å². The van der Waals surface area contributed by atoms with E-state index in [-0.39, 0.29) is 5.78 Å². The van der Waals surface area contributed by atoms with Crippen LogP contribution in [0.5, 0.6) is 0 Å². The lowest BCUT2D eigenvalue weighted by Gasteiger charge is -2.19. The minimum absolute atomic E-state index is 0.0570. The fraction of sp³-hybridized carbons (Fsp3) is 0.667. The number of unbranched alkanes of at least 4 members (excludes halogenated alkanes) is 2. The third kappa shape index (κ3) is 4.28. The molecule has 0 saturated heterocycles. The molecule has 0 bridgehead atoms. The number of carbonyl (C=O) groups is 2. The topological polar surface area (TPSA) is 43.4 Å².